The fourth-order valence-electron chi connectivity index (χ4n) is 2.01. The lowest BCUT2D eigenvalue weighted by molar-refractivity contribution is 0.129. The predicted octanol–water partition coefficient (Wildman–Crippen LogP) is 1.44. The molecule has 1 amide bonds. The highest BCUT2D eigenvalue weighted by atomic mass is 19.1. The van der Waals surface area contributed by atoms with E-state index in [1.165, 1.54) is 17.0 Å². The van der Waals surface area contributed by atoms with Crippen molar-refractivity contribution in [2.75, 3.05) is 11.4 Å². The maximum Gasteiger partial charge on any atom is 0.414 e. The Morgan fingerprint density at radius 2 is 2.37 bits per heavy atom. The van der Waals surface area contributed by atoms with Gasteiger partial charge in [-0.3, -0.25) is 4.90 Å². The molecule has 7 heteroatoms. The summed E-state index contributed by atoms with van der Waals surface area (Å²) in [5, 5.41) is 7.49. The average molecular weight is 262 g/mol. The quantitative estimate of drug-likeness (QED) is 0.839. The first kappa shape index (κ1) is 11.6. The summed E-state index contributed by atoms with van der Waals surface area (Å²) in [4.78, 5) is 13.2. The first-order chi connectivity index (χ1) is 9.22. The number of cyclic esters (lactones) is 1. The first-order valence-electron chi connectivity index (χ1n) is 5.80. The fourth-order valence-corrected chi connectivity index (χ4v) is 2.01. The first-order valence-corrected chi connectivity index (χ1v) is 5.80. The molecule has 19 heavy (non-hydrogen) atoms. The van der Waals surface area contributed by atoms with Crippen molar-refractivity contribution in [3.63, 3.8) is 0 Å². The van der Waals surface area contributed by atoms with Gasteiger partial charge in [0.25, 0.3) is 0 Å². The molecular formula is C12H11FN4O2. The maximum absolute atomic E-state index is 13.1. The Hall–Kier alpha value is -2.44. The van der Waals surface area contributed by atoms with Gasteiger partial charge in [-0.15, -0.1) is 5.10 Å². The molecule has 1 saturated heterocycles. The Morgan fingerprint density at radius 1 is 1.47 bits per heavy atom. The predicted molar refractivity (Wildman–Crippen MR) is 64.0 cm³/mol. The van der Waals surface area contributed by atoms with Crippen molar-refractivity contribution in [1.82, 2.24) is 15.0 Å². The molecule has 0 bridgehead atoms. The van der Waals surface area contributed by atoms with Crippen LogP contribution in [0.4, 0.5) is 14.9 Å². The van der Waals surface area contributed by atoms with E-state index in [1.807, 2.05) is 0 Å². The van der Waals surface area contributed by atoms with Gasteiger partial charge in [0, 0.05) is 6.20 Å². The maximum atomic E-state index is 13.1. The number of amides is 1. The molecule has 0 aliphatic carbocycles. The van der Waals surface area contributed by atoms with Gasteiger partial charge in [0.2, 0.25) is 0 Å². The summed E-state index contributed by atoms with van der Waals surface area (Å²) < 4.78 is 20.0. The van der Waals surface area contributed by atoms with Crippen molar-refractivity contribution in [1.29, 1.82) is 0 Å². The van der Waals surface area contributed by atoms with Crippen LogP contribution in [0.3, 0.4) is 0 Å². The molecule has 2 aromatic rings. The third kappa shape index (κ3) is 2.40. The van der Waals surface area contributed by atoms with E-state index in [-0.39, 0.29) is 11.9 Å². The van der Waals surface area contributed by atoms with Gasteiger partial charge in [0.15, 0.2) is 0 Å². The molecule has 2 heterocycles. The van der Waals surface area contributed by atoms with Crippen LogP contribution in [0.2, 0.25) is 0 Å². The smallest absolute Gasteiger partial charge is 0.414 e. The summed E-state index contributed by atoms with van der Waals surface area (Å²) in [6, 6.07) is 5.86. The number of hydrogen-bond acceptors (Lipinski definition) is 4. The number of ether oxygens (including phenoxy) is 1. The number of anilines is 1. The highest BCUT2D eigenvalue weighted by Gasteiger charge is 2.32. The van der Waals surface area contributed by atoms with Gasteiger partial charge in [-0.2, -0.15) is 0 Å². The lowest BCUT2D eigenvalue weighted by Crippen LogP contribution is -2.26. The zero-order chi connectivity index (χ0) is 13.2. The zero-order valence-electron chi connectivity index (χ0n) is 9.94. The summed E-state index contributed by atoms with van der Waals surface area (Å²) in [5.41, 5.74) is 0.492. The number of carbonyl (C=O) groups excluding carboxylic acids is 1. The molecule has 1 unspecified atom stereocenters. The largest absolute Gasteiger partial charge is 0.442 e. The zero-order valence-corrected chi connectivity index (χ0v) is 9.94. The van der Waals surface area contributed by atoms with Crippen LogP contribution in [0.5, 0.6) is 0 Å². The minimum absolute atomic E-state index is 0.322. The number of halogens is 1. The Kier molecular flexibility index (Phi) is 2.86. The summed E-state index contributed by atoms with van der Waals surface area (Å²) in [7, 11) is 0. The van der Waals surface area contributed by atoms with Crippen LogP contribution >= 0.6 is 0 Å². The minimum Gasteiger partial charge on any atom is -0.442 e. The van der Waals surface area contributed by atoms with Crippen LogP contribution in [0.1, 0.15) is 0 Å². The number of nitrogens with zero attached hydrogens (tertiary/aromatic N) is 4. The summed E-state index contributed by atoms with van der Waals surface area (Å²) in [5.74, 6) is -0.384. The molecule has 0 N–H and O–H groups in total. The van der Waals surface area contributed by atoms with E-state index >= 15 is 0 Å². The van der Waals surface area contributed by atoms with E-state index < -0.39 is 6.09 Å². The Morgan fingerprint density at radius 3 is 3.11 bits per heavy atom. The van der Waals surface area contributed by atoms with Crippen molar-refractivity contribution in [2.45, 2.75) is 12.6 Å². The highest BCUT2D eigenvalue weighted by Crippen LogP contribution is 2.22. The van der Waals surface area contributed by atoms with Gasteiger partial charge in [-0.25, -0.2) is 13.9 Å². The van der Waals surface area contributed by atoms with Crippen LogP contribution in [-0.2, 0) is 11.3 Å². The number of benzene rings is 1. The van der Waals surface area contributed by atoms with Crippen molar-refractivity contribution in [2.24, 2.45) is 0 Å². The Labute approximate surface area is 108 Å². The van der Waals surface area contributed by atoms with Gasteiger partial charge in [0.05, 0.1) is 25.0 Å². The molecule has 1 fully saturated rings. The molecule has 0 radical (unpaired) electrons. The van der Waals surface area contributed by atoms with E-state index in [2.05, 4.69) is 10.3 Å². The van der Waals surface area contributed by atoms with E-state index in [0.717, 1.165) is 0 Å². The molecule has 6 nitrogen and oxygen atoms in total. The number of carbonyl (C=O) groups is 1. The SMILES string of the molecule is O=C1OC(Cn2ccnn2)CN1c1cccc(F)c1. The monoisotopic (exact) mass is 262 g/mol. The van der Waals surface area contributed by atoms with Crippen LogP contribution in [-0.4, -0.2) is 33.7 Å². The van der Waals surface area contributed by atoms with Crippen LogP contribution < -0.4 is 4.90 Å². The molecule has 3 rings (SSSR count). The Bertz CT molecular complexity index is 587. The average Bonchev–Trinajstić information content (AvgIpc) is 3.00. The van der Waals surface area contributed by atoms with Gasteiger partial charge in [0.1, 0.15) is 11.9 Å². The van der Waals surface area contributed by atoms with Gasteiger partial charge in [-0.1, -0.05) is 11.3 Å². The van der Waals surface area contributed by atoms with Crippen molar-refractivity contribution in [3.8, 4) is 0 Å². The highest BCUT2D eigenvalue weighted by molar-refractivity contribution is 5.89. The number of aromatic nitrogens is 3. The van der Waals surface area contributed by atoms with E-state index in [9.17, 15) is 9.18 Å². The normalized spacial score (nSPS) is 18.7. The molecule has 0 saturated carbocycles. The molecular weight excluding hydrogens is 251 g/mol. The third-order valence-electron chi connectivity index (χ3n) is 2.86. The molecule has 98 valence electrons. The molecule has 0 spiro atoms. The number of rotatable bonds is 3. The number of hydrogen-bond donors (Lipinski definition) is 0. The summed E-state index contributed by atoms with van der Waals surface area (Å²) in [6.45, 7) is 0.791. The van der Waals surface area contributed by atoms with Crippen molar-refractivity contribution in [3.05, 3.63) is 42.5 Å². The van der Waals surface area contributed by atoms with Crippen molar-refractivity contribution >= 4 is 11.8 Å². The molecule has 1 atom stereocenters. The van der Waals surface area contributed by atoms with E-state index in [0.29, 0.717) is 18.8 Å². The second-order valence-corrected chi connectivity index (χ2v) is 4.22. The molecule has 1 aliphatic rings. The third-order valence-corrected chi connectivity index (χ3v) is 2.86. The fraction of sp³-hybridized carbons (Fsp3) is 0.250. The van der Waals surface area contributed by atoms with Crippen LogP contribution in [0.25, 0.3) is 0 Å². The van der Waals surface area contributed by atoms with Gasteiger partial charge >= 0.3 is 6.09 Å². The summed E-state index contributed by atoms with van der Waals surface area (Å²) in [6.07, 6.45) is 2.45. The lowest BCUT2D eigenvalue weighted by atomic mass is 10.2. The second kappa shape index (κ2) is 4.68. The summed E-state index contributed by atoms with van der Waals surface area (Å²) >= 11 is 0. The Balaban J connectivity index is 1.73. The van der Waals surface area contributed by atoms with Gasteiger partial charge < -0.3 is 4.74 Å². The van der Waals surface area contributed by atoms with E-state index in [1.54, 1.807) is 29.2 Å². The minimum atomic E-state index is -0.476. The van der Waals surface area contributed by atoms with Crippen molar-refractivity contribution < 1.29 is 13.9 Å². The van der Waals surface area contributed by atoms with E-state index in [4.69, 9.17) is 4.74 Å². The molecule has 1 aliphatic heterocycles. The second-order valence-electron chi connectivity index (χ2n) is 4.22. The van der Waals surface area contributed by atoms with Crippen LogP contribution in [0, 0.1) is 5.82 Å². The molecule has 1 aromatic carbocycles. The standard InChI is InChI=1S/C12H11FN4O2/c13-9-2-1-3-10(6-9)17-8-11(19-12(17)18)7-16-5-4-14-15-16/h1-6,11H,7-8H2. The van der Waals surface area contributed by atoms with Gasteiger partial charge in [-0.05, 0) is 18.2 Å². The van der Waals surface area contributed by atoms with Crippen LogP contribution in [0.15, 0.2) is 36.7 Å². The molecule has 1 aromatic heterocycles. The topological polar surface area (TPSA) is 60.3 Å². The lowest BCUT2D eigenvalue weighted by Gasteiger charge is -2.12.